The predicted molar refractivity (Wildman–Crippen MR) is 76.1 cm³/mol. The number of hydrogen-bond donors (Lipinski definition) is 2. The fraction of sp³-hybridized carbons (Fsp3) is 0.467. The van der Waals surface area contributed by atoms with Gasteiger partial charge in [-0.2, -0.15) is 0 Å². The molecule has 3 N–H and O–H groups in total. The Morgan fingerprint density at radius 3 is 2.90 bits per heavy atom. The summed E-state index contributed by atoms with van der Waals surface area (Å²) in [5, 5.41) is 8.68. The number of benzene rings is 1. The lowest BCUT2D eigenvalue weighted by molar-refractivity contribution is -0.137. The average Bonchev–Trinajstić information content (AvgIpc) is 2.85. The third-order valence-corrected chi connectivity index (χ3v) is 3.71. The largest absolute Gasteiger partial charge is 0.481 e. The minimum atomic E-state index is -0.769. The van der Waals surface area contributed by atoms with Crippen molar-refractivity contribution in [2.24, 2.45) is 5.92 Å². The first-order valence-electron chi connectivity index (χ1n) is 6.88. The van der Waals surface area contributed by atoms with Gasteiger partial charge in [-0.25, -0.2) is 0 Å². The lowest BCUT2D eigenvalue weighted by Gasteiger charge is -2.16. The number of aliphatic carboxylic acids is 1. The van der Waals surface area contributed by atoms with Crippen LogP contribution in [0, 0.1) is 5.92 Å². The van der Waals surface area contributed by atoms with E-state index in [9.17, 15) is 9.59 Å². The van der Waals surface area contributed by atoms with Crippen LogP contribution in [-0.2, 0) is 16.0 Å². The lowest BCUT2D eigenvalue weighted by atomic mass is 10.0. The Morgan fingerprint density at radius 2 is 2.20 bits per heavy atom. The van der Waals surface area contributed by atoms with Crippen LogP contribution in [0.2, 0.25) is 0 Å². The van der Waals surface area contributed by atoms with Gasteiger partial charge in [-0.3, -0.25) is 9.59 Å². The average molecular weight is 276 g/mol. The van der Waals surface area contributed by atoms with E-state index in [2.05, 4.69) is 0 Å². The van der Waals surface area contributed by atoms with Gasteiger partial charge in [0.25, 0.3) is 0 Å². The van der Waals surface area contributed by atoms with Crippen molar-refractivity contribution in [3.63, 3.8) is 0 Å². The molecule has 1 atom stereocenters. The van der Waals surface area contributed by atoms with Crippen molar-refractivity contribution in [2.45, 2.75) is 25.7 Å². The molecule has 1 aromatic carbocycles. The highest BCUT2D eigenvalue weighted by Gasteiger charge is 2.26. The van der Waals surface area contributed by atoms with Crippen LogP contribution in [0.5, 0.6) is 0 Å². The maximum absolute atomic E-state index is 12.2. The molecule has 2 rings (SSSR count). The molecule has 1 saturated heterocycles. The molecule has 1 aliphatic rings. The van der Waals surface area contributed by atoms with Gasteiger partial charge in [-0.15, -0.1) is 0 Å². The molecule has 0 bridgehead atoms. The zero-order valence-electron chi connectivity index (χ0n) is 11.4. The summed E-state index contributed by atoms with van der Waals surface area (Å²) in [6, 6.07) is 7.35. The van der Waals surface area contributed by atoms with E-state index in [1.54, 1.807) is 6.07 Å². The molecule has 0 radical (unpaired) electrons. The van der Waals surface area contributed by atoms with E-state index in [1.807, 2.05) is 23.1 Å². The summed E-state index contributed by atoms with van der Waals surface area (Å²) in [7, 11) is 0. The Kier molecular flexibility index (Phi) is 4.61. The first-order chi connectivity index (χ1) is 9.54. The van der Waals surface area contributed by atoms with Crippen LogP contribution in [0.4, 0.5) is 5.69 Å². The van der Waals surface area contributed by atoms with E-state index >= 15 is 0 Å². The number of carbonyl (C=O) groups excluding carboxylic acids is 1. The molecule has 5 heteroatoms. The molecule has 20 heavy (non-hydrogen) atoms. The van der Waals surface area contributed by atoms with Crippen LogP contribution in [0.1, 0.15) is 24.8 Å². The number of nitrogens with zero attached hydrogens (tertiary/aromatic N) is 1. The van der Waals surface area contributed by atoms with Crippen molar-refractivity contribution in [1.29, 1.82) is 0 Å². The molecular formula is C15H20N2O3. The number of carboxylic acid groups (broad SMARTS) is 1. The van der Waals surface area contributed by atoms with Gasteiger partial charge in [-0.1, -0.05) is 12.1 Å². The molecule has 1 amide bonds. The molecule has 5 nitrogen and oxygen atoms in total. The lowest BCUT2D eigenvalue weighted by Crippen LogP contribution is -2.30. The van der Waals surface area contributed by atoms with E-state index in [-0.39, 0.29) is 12.3 Å². The Labute approximate surface area is 118 Å². The van der Waals surface area contributed by atoms with Crippen molar-refractivity contribution in [1.82, 2.24) is 4.90 Å². The molecule has 0 aliphatic carbocycles. The smallest absolute Gasteiger partial charge is 0.303 e. The van der Waals surface area contributed by atoms with Crippen molar-refractivity contribution >= 4 is 17.6 Å². The highest BCUT2D eigenvalue weighted by molar-refractivity contribution is 5.79. The summed E-state index contributed by atoms with van der Waals surface area (Å²) >= 11 is 0. The first kappa shape index (κ1) is 14.4. The monoisotopic (exact) mass is 276 g/mol. The summed E-state index contributed by atoms with van der Waals surface area (Å²) in [4.78, 5) is 24.6. The number of carboxylic acids is 1. The van der Waals surface area contributed by atoms with Gasteiger partial charge in [0, 0.05) is 25.2 Å². The van der Waals surface area contributed by atoms with Crippen LogP contribution in [0.15, 0.2) is 24.3 Å². The number of rotatable bonds is 5. The molecule has 0 saturated carbocycles. The van der Waals surface area contributed by atoms with Crippen molar-refractivity contribution in [3.8, 4) is 0 Å². The second-order valence-corrected chi connectivity index (χ2v) is 5.35. The standard InChI is InChI=1S/C15H20N2O3/c16-13-3-1-2-12(8-13)9-14(18)17-7-6-11(10-17)4-5-15(19)20/h1-3,8,11H,4-7,9-10,16H2,(H,19,20). The molecule has 1 aromatic rings. The van der Waals surface area contributed by atoms with Crippen molar-refractivity contribution in [3.05, 3.63) is 29.8 Å². The number of likely N-dealkylation sites (tertiary alicyclic amines) is 1. The van der Waals surface area contributed by atoms with E-state index in [0.29, 0.717) is 31.0 Å². The molecule has 0 spiro atoms. The van der Waals surface area contributed by atoms with Gasteiger partial charge in [0.15, 0.2) is 0 Å². The van der Waals surface area contributed by atoms with Crippen LogP contribution in [0.3, 0.4) is 0 Å². The zero-order chi connectivity index (χ0) is 14.5. The Morgan fingerprint density at radius 1 is 1.40 bits per heavy atom. The highest BCUT2D eigenvalue weighted by atomic mass is 16.4. The maximum Gasteiger partial charge on any atom is 0.303 e. The topological polar surface area (TPSA) is 83.6 Å². The summed E-state index contributed by atoms with van der Waals surface area (Å²) < 4.78 is 0. The number of nitrogens with two attached hydrogens (primary N) is 1. The number of anilines is 1. The maximum atomic E-state index is 12.2. The number of carbonyl (C=O) groups is 2. The minimum Gasteiger partial charge on any atom is -0.481 e. The quantitative estimate of drug-likeness (QED) is 0.799. The van der Waals surface area contributed by atoms with Crippen molar-refractivity contribution in [2.75, 3.05) is 18.8 Å². The number of hydrogen-bond acceptors (Lipinski definition) is 3. The van der Waals surface area contributed by atoms with E-state index in [0.717, 1.165) is 18.5 Å². The molecule has 108 valence electrons. The van der Waals surface area contributed by atoms with Gasteiger partial charge in [0.05, 0.1) is 6.42 Å². The van der Waals surface area contributed by atoms with Crippen molar-refractivity contribution < 1.29 is 14.7 Å². The van der Waals surface area contributed by atoms with Gasteiger partial charge in [0.1, 0.15) is 0 Å². The summed E-state index contributed by atoms with van der Waals surface area (Å²) in [5.41, 5.74) is 7.28. The second kappa shape index (κ2) is 6.41. The normalized spacial score (nSPS) is 18.2. The molecule has 0 aromatic heterocycles. The van der Waals surface area contributed by atoms with Gasteiger partial charge in [0.2, 0.25) is 5.91 Å². The summed E-state index contributed by atoms with van der Waals surface area (Å²) in [6.07, 6.45) is 2.09. The zero-order valence-corrected chi connectivity index (χ0v) is 11.4. The summed E-state index contributed by atoms with van der Waals surface area (Å²) in [5.74, 6) is -0.362. The van der Waals surface area contributed by atoms with Crippen LogP contribution in [0.25, 0.3) is 0 Å². The third kappa shape index (κ3) is 3.98. The molecule has 1 aliphatic heterocycles. The van der Waals surface area contributed by atoms with E-state index in [1.165, 1.54) is 0 Å². The van der Waals surface area contributed by atoms with Crippen LogP contribution >= 0.6 is 0 Å². The van der Waals surface area contributed by atoms with E-state index in [4.69, 9.17) is 10.8 Å². The number of nitrogen functional groups attached to an aromatic ring is 1. The molecule has 1 unspecified atom stereocenters. The van der Waals surface area contributed by atoms with E-state index < -0.39 is 5.97 Å². The van der Waals surface area contributed by atoms with Gasteiger partial charge < -0.3 is 15.7 Å². The fourth-order valence-electron chi connectivity index (χ4n) is 2.61. The molecule has 1 heterocycles. The Balaban J connectivity index is 1.83. The Bertz CT molecular complexity index is 502. The minimum absolute atomic E-state index is 0.0911. The Hall–Kier alpha value is -2.04. The third-order valence-electron chi connectivity index (χ3n) is 3.71. The van der Waals surface area contributed by atoms with Gasteiger partial charge >= 0.3 is 5.97 Å². The van der Waals surface area contributed by atoms with Gasteiger partial charge in [-0.05, 0) is 36.5 Å². The predicted octanol–water partition coefficient (Wildman–Crippen LogP) is 1.52. The van der Waals surface area contributed by atoms with Crippen LogP contribution in [-0.4, -0.2) is 35.0 Å². The molecule has 1 fully saturated rings. The molecular weight excluding hydrogens is 256 g/mol. The fourth-order valence-corrected chi connectivity index (χ4v) is 2.61. The van der Waals surface area contributed by atoms with Crippen LogP contribution < -0.4 is 5.73 Å². The summed E-state index contributed by atoms with van der Waals surface area (Å²) in [6.45, 7) is 1.40. The SMILES string of the molecule is Nc1cccc(CC(=O)N2CCC(CCC(=O)O)C2)c1. The first-order valence-corrected chi connectivity index (χ1v) is 6.88. The second-order valence-electron chi connectivity index (χ2n) is 5.35. The highest BCUT2D eigenvalue weighted by Crippen LogP contribution is 2.22. The number of amides is 1.